The zero-order chi connectivity index (χ0) is 30.8. The first-order valence-electron chi connectivity index (χ1n) is 13.8. The molecule has 222 valence electrons. The summed E-state index contributed by atoms with van der Waals surface area (Å²) in [7, 11) is 1.24. The van der Waals surface area contributed by atoms with E-state index in [4.69, 9.17) is 14.2 Å². The summed E-state index contributed by atoms with van der Waals surface area (Å²) < 4.78 is 16.1. The van der Waals surface area contributed by atoms with E-state index in [-0.39, 0.29) is 24.5 Å². The van der Waals surface area contributed by atoms with E-state index in [1.165, 1.54) is 30.9 Å². The normalized spacial score (nSPS) is 16.6. The van der Waals surface area contributed by atoms with Crippen LogP contribution in [0.25, 0.3) is 6.08 Å². The SMILES string of the molecule is COC(=O)C1C(C)=NC(C)=C(C(=O)OCCOCC=Cc2ccc(Cc3cccnc3)cc2)C1c1cccc([N+](=O)[O-])c1. The van der Waals surface area contributed by atoms with Crippen molar-refractivity contribution in [3.05, 3.63) is 123 Å². The smallest absolute Gasteiger partial charge is 0.336 e. The quantitative estimate of drug-likeness (QED) is 0.119. The number of nitro benzene ring substituents is 1. The number of aliphatic imine (C=N–C) groups is 1. The van der Waals surface area contributed by atoms with Crippen molar-refractivity contribution in [1.82, 2.24) is 4.98 Å². The molecule has 0 bridgehead atoms. The third kappa shape index (κ3) is 8.08. The van der Waals surface area contributed by atoms with Gasteiger partial charge >= 0.3 is 11.9 Å². The predicted octanol–water partition coefficient (Wildman–Crippen LogP) is 5.48. The van der Waals surface area contributed by atoms with E-state index in [0.29, 0.717) is 23.6 Å². The lowest BCUT2D eigenvalue weighted by atomic mass is 9.75. The molecule has 1 aliphatic rings. The number of benzene rings is 2. The summed E-state index contributed by atoms with van der Waals surface area (Å²) in [5, 5.41) is 11.4. The van der Waals surface area contributed by atoms with Gasteiger partial charge in [-0.2, -0.15) is 0 Å². The molecule has 3 aromatic rings. The van der Waals surface area contributed by atoms with Gasteiger partial charge in [-0.1, -0.05) is 54.6 Å². The summed E-state index contributed by atoms with van der Waals surface area (Å²) in [6.45, 7) is 3.75. The number of rotatable bonds is 12. The average Bonchev–Trinajstić information content (AvgIpc) is 3.01. The second-order valence-corrected chi connectivity index (χ2v) is 9.98. The van der Waals surface area contributed by atoms with Crippen molar-refractivity contribution in [2.24, 2.45) is 10.9 Å². The van der Waals surface area contributed by atoms with Crippen LogP contribution in [-0.2, 0) is 30.2 Å². The predicted molar refractivity (Wildman–Crippen MR) is 161 cm³/mol. The molecule has 2 heterocycles. The number of aromatic nitrogens is 1. The first-order chi connectivity index (χ1) is 20.8. The maximum absolute atomic E-state index is 13.3. The third-order valence-electron chi connectivity index (χ3n) is 7.04. The first kappa shape index (κ1) is 31.0. The number of allylic oxidation sites excluding steroid dienone is 1. The topological polar surface area (TPSA) is 130 Å². The zero-order valence-corrected chi connectivity index (χ0v) is 24.3. The lowest BCUT2D eigenvalue weighted by molar-refractivity contribution is -0.384. The second kappa shape index (κ2) is 14.8. The largest absolute Gasteiger partial charge is 0.468 e. The number of methoxy groups -OCH3 is 1. The molecular formula is C33H33N3O7. The molecule has 0 saturated carbocycles. The number of non-ortho nitro benzene ring substituents is 1. The van der Waals surface area contributed by atoms with Gasteiger partial charge in [0, 0.05) is 41.9 Å². The molecule has 0 spiro atoms. The van der Waals surface area contributed by atoms with Crippen LogP contribution in [0.3, 0.4) is 0 Å². The van der Waals surface area contributed by atoms with Gasteiger partial charge < -0.3 is 14.2 Å². The van der Waals surface area contributed by atoms with Gasteiger partial charge in [-0.3, -0.25) is 24.9 Å². The number of nitro groups is 1. The van der Waals surface area contributed by atoms with E-state index >= 15 is 0 Å². The maximum Gasteiger partial charge on any atom is 0.336 e. The number of carbonyl (C=O) groups is 2. The molecule has 43 heavy (non-hydrogen) atoms. The number of pyridine rings is 1. The Kier molecular flexibility index (Phi) is 10.7. The molecule has 0 amide bonds. The summed E-state index contributed by atoms with van der Waals surface area (Å²) in [6, 6.07) is 18.0. The third-order valence-corrected chi connectivity index (χ3v) is 7.04. The van der Waals surface area contributed by atoms with Crippen molar-refractivity contribution in [3.63, 3.8) is 0 Å². The van der Waals surface area contributed by atoms with Crippen LogP contribution in [0.2, 0.25) is 0 Å². The summed E-state index contributed by atoms with van der Waals surface area (Å²) in [5.74, 6) is -3.08. The Bertz CT molecular complexity index is 1550. The van der Waals surface area contributed by atoms with E-state index in [1.807, 2.05) is 42.6 Å². The molecule has 0 N–H and O–H groups in total. The minimum atomic E-state index is -0.941. The van der Waals surface area contributed by atoms with Crippen LogP contribution in [0, 0.1) is 16.0 Å². The number of esters is 2. The van der Waals surface area contributed by atoms with Crippen LogP contribution in [0.5, 0.6) is 0 Å². The molecule has 0 saturated heterocycles. The summed E-state index contributed by atoms with van der Waals surface area (Å²) in [5.41, 5.74) is 4.59. The number of carbonyl (C=O) groups excluding carboxylic acids is 2. The maximum atomic E-state index is 13.3. The fourth-order valence-corrected chi connectivity index (χ4v) is 5.02. The van der Waals surface area contributed by atoms with Gasteiger partial charge in [0.15, 0.2) is 0 Å². The first-order valence-corrected chi connectivity index (χ1v) is 13.8. The fraction of sp³-hybridized carbons (Fsp3) is 0.273. The van der Waals surface area contributed by atoms with Gasteiger partial charge in [-0.25, -0.2) is 4.79 Å². The van der Waals surface area contributed by atoms with Gasteiger partial charge in [0.25, 0.3) is 5.69 Å². The van der Waals surface area contributed by atoms with Gasteiger partial charge in [-0.15, -0.1) is 0 Å². The van der Waals surface area contributed by atoms with Crippen molar-refractivity contribution in [3.8, 4) is 0 Å². The molecule has 0 aliphatic carbocycles. The van der Waals surface area contributed by atoms with E-state index in [9.17, 15) is 19.7 Å². The molecule has 1 aromatic heterocycles. The number of hydrogen-bond acceptors (Lipinski definition) is 9. The molecule has 2 atom stereocenters. The van der Waals surface area contributed by atoms with E-state index in [1.54, 1.807) is 26.1 Å². The highest BCUT2D eigenvalue weighted by Gasteiger charge is 2.42. The van der Waals surface area contributed by atoms with E-state index in [2.05, 4.69) is 22.1 Å². The Labute approximate surface area is 249 Å². The monoisotopic (exact) mass is 583 g/mol. The van der Waals surface area contributed by atoms with Gasteiger partial charge in [0.1, 0.15) is 12.5 Å². The summed E-state index contributed by atoms with van der Waals surface area (Å²) in [6.07, 6.45) is 8.26. The Balaban J connectivity index is 1.34. The van der Waals surface area contributed by atoms with E-state index < -0.39 is 28.7 Å². The van der Waals surface area contributed by atoms with Gasteiger partial charge in [0.05, 0.1) is 30.8 Å². The van der Waals surface area contributed by atoms with Crippen LogP contribution in [0.4, 0.5) is 5.69 Å². The van der Waals surface area contributed by atoms with Crippen molar-refractivity contribution < 1.29 is 28.7 Å². The zero-order valence-electron chi connectivity index (χ0n) is 24.3. The average molecular weight is 584 g/mol. The highest BCUT2D eigenvalue weighted by Crippen LogP contribution is 2.40. The summed E-state index contributed by atoms with van der Waals surface area (Å²) >= 11 is 0. The Hall–Kier alpha value is -4.96. The fourth-order valence-electron chi connectivity index (χ4n) is 5.02. The number of nitrogens with zero attached hydrogens (tertiary/aromatic N) is 3. The number of hydrogen-bond donors (Lipinski definition) is 0. The molecule has 0 radical (unpaired) electrons. The van der Waals surface area contributed by atoms with Crippen LogP contribution in [0.15, 0.2) is 95.4 Å². The molecule has 1 aliphatic heterocycles. The standard InChI is InChI=1S/C33H33N3O7/c1-22-29(32(37)41-3)31(27-9-4-10-28(20-27)36(39)40)30(23(2)35-22)33(38)43-18-17-42-16-6-8-24-11-13-25(14-12-24)19-26-7-5-15-34-21-26/h4-15,20-21,29,31H,16-19H2,1-3H3. The minimum absolute atomic E-state index is 0.0280. The lowest BCUT2D eigenvalue weighted by Crippen LogP contribution is -2.36. The second-order valence-electron chi connectivity index (χ2n) is 9.98. The van der Waals surface area contributed by atoms with Crippen molar-refractivity contribution >= 4 is 29.4 Å². The summed E-state index contributed by atoms with van der Waals surface area (Å²) in [4.78, 5) is 45.5. The van der Waals surface area contributed by atoms with Crippen LogP contribution in [0.1, 0.15) is 42.0 Å². The molecule has 4 rings (SSSR count). The van der Waals surface area contributed by atoms with Crippen LogP contribution in [-0.4, -0.2) is 54.5 Å². The highest BCUT2D eigenvalue weighted by atomic mass is 16.6. The number of ether oxygens (including phenoxy) is 3. The molecule has 10 nitrogen and oxygen atoms in total. The van der Waals surface area contributed by atoms with Crippen molar-refractivity contribution in [2.75, 3.05) is 26.9 Å². The highest BCUT2D eigenvalue weighted by molar-refractivity contribution is 6.07. The molecule has 10 heteroatoms. The van der Waals surface area contributed by atoms with Crippen molar-refractivity contribution in [2.45, 2.75) is 26.2 Å². The van der Waals surface area contributed by atoms with Gasteiger partial charge in [0.2, 0.25) is 0 Å². The van der Waals surface area contributed by atoms with E-state index in [0.717, 1.165) is 17.5 Å². The Morgan fingerprint density at radius 2 is 1.81 bits per heavy atom. The minimum Gasteiger partial charge on any atom is -0.468 e. The molecule has 0 fully saturated rings. The molecule has 2 unspecified atom stereocenters. The molecular weight excluding hydrogens is 550 g/mol. The van der Waals surface area contributed by atoms with Crippen LogP contribution >= 0.6 is 0 Å². The lowest BCUT2D eigenvalue weighted by Gasteiger charge is -2.31. The Morgan fingerprint density at radius 1 is 1.02 bits per heavy atom. The van der Waals surface area contributed by atoms with Crippen LogP contribution < -0.4 is 0 Å². The van der Waals surface area contributed by atoms with Gasteiger partial charge in [-0.05, 0) is 48.6 Å². The molecule has 2 aromatic carbocycles. The van der Waals surface area contributed by atoms with Crippen molar-refractivity contribution in [1.29, 1.82) is 0 Å². The Morgan fingerprint density at radius 3 is 2.51 bits per heavy atom.